The van der Waals surface area contributed by atoms with Crippen LogP contribution in [0.1, 0.15) is 16.7 Å². The van der Waals surface area contributed by atoms with Gasteiger partial charge in [-0.25, -0.2) is 0 Å². The maximum absolute atomic E-state index is 12.8. The van der Waals surface area contributed by atoms with Gasteiger partial charge in [0.1, 0.15) is 12.4 Å². The van der Waals surface area contributed by atoms with Crippen molar-refractivity contribution in [1.29, 1.82) is 0 Å². The van der Waals surface area contributed by atoms with Crippen LogP contribution in [0.4, 0.5) is 10.5 Å². The predicted molar refractivity (Wildman–Crippen MR) is 132 cm³/mol. The lowest BCUT2D eigenvalue weighted by Gasteiger charge is -2.12. The number of nitro groups is 1. The van der Waals surface area contributed by atoms with Gasteiger partial charge in [-0.15, -0.1) is 0 Å². The zero-order valence-corrected chi connectivity index (χ0v) is 19.8. The molecule has 10 heteroatoms. The molecule has 172 valence electrons. The van der Waals surface area contributed by atoms with Gasteiger partial charge in [0.15, 0.2) is 0 Å². The first kappa shape index (κ1) is 23.8. The van der Waals surface area contributed by atoms with Crippen LogP contribution in [-0.2, 0) is 17.9 Å². The summed E-state index contributed by atoms with van der Waals surface area (Å²) in [5.74, 6) is 0.00763. The van der Waals surface area contributed by atoms with Gasteiger partial charge in [-0.2, -0.15) is 0 Å². The summed E-state index contributed by atoms with van der Waals surface area (Å²) in [6.45, 7) is 0.259. The van der Waals surface area contributed by atoms with Crippen molar-refractivity contribution in [2.45, 2.75) is 13.2 Å². The Bertz CT molecular complexity index is 1310. The Morgan fingerprint density at radius 2 is 1.76 bits per heavy atom. The van der Waals surface area contributed by atoms with E-state index in [0.717, 1.165) is 17.3 Å². The number of ether oxygens (including phenoxy) is 1. The van der Waals surface area contributed by atoms with Crippen LogP contribution in [-0.4, -0.2) is 21.0 Å². The number of non-ortho nitro benzene ring substituents is 1. The molecule has 1 aliphatic rings. The lowest BCUT2D eigenvalue weighted by Crippen LogP contribution is -2.27. The minimum Gasteiger partial charge on any atom is -0.487 e. The minimum atomic E-state index is -0.470. The van der Waals surface area contributed by atoms with E-state index in [1.54, 1.807) is 60.7 Å². The Balaban J connectivity index is 1.44. The Morgan fingerprint density at radius 3 is 2.47 bits per heavy atom. The fourth-order valence-electron chi connectivity index (χ4n) is 3.20. The fourth-order valence-corrected chi connectivity index (χ4v) is 4.41. The average molecular weight is 515 g/mol. The normalized spacial score (nSPS) is 14.6. The predicted octanol–water partition coefficient (Wildman–Crippen LogP) is 6.72. The number of nitro benzene ring substituents is 1. The number of hydrogen-bond acceptors (Lipinski definition) is 6. The number of nitrogens with zero attached hydrogens (tertiary/aromatic N) is 2. The van der Waals surface area contributed by atoms with E-state index in [4.69, 9.17) is 27.9 Å². The van der Waals surface area contributed by atoms with Crippen LogP contribution in [0.2, 0.25) is 10.0 Å². The summed E-state index contributed by atoms with van der Waals surface area (Å²) in [5.41, 5.74) is 2.03. The zero-order chi connectivity index (χ0) is 24.2. The standard InChI is InChI=1S/C24H16Cl2N2O5S/c25-18-7-4-15(5-8-18)13-27-23(29)22(34-24(27)30)12-16-6-9-21(20(26)11-16)33-14-17-2-1-3-19(10-17)28(31)32/h1-12H,13-14H2/b22-12-. The highest BCUT2D eigenvalue weighted by molar-refractivity contribution is 8.18. The van der Waals surface area contributed by atoms with Crippen LogP contribution in [0.3, 0.4) is 0 Å². The summed E-state index contributed by atoms with van der Waals surface area (Å²) in [6.07, 6.45) is 1.60. The molecule has 3 aromatic rings. The largest absolute Gasteiger partial charge is 0.487 e. The smallest absolute Gasteiger partial charge is 0.293 e. The Kier molecular flexibility index (Phi) is 7.21. The highest BCUT2D eigenvalue weighted by Crippen LogP contribution is 2.35. The van der Waals surface area contributed by atoms with Crippen LogP contribution in [0.25, 0.3) is 6.08 Å². The Hall–Kier alpha value is -3.33. The van der Waals surface area contributed by atoms with Crippen LogP contribution in [0, 0.1) is 10.1 Å². The molecule has 0 unspecified atom stereocenters. The number of imide groups is 1. The van der Waals surface area contributed by atoms with Gasteiger partial charge in [-0.05, 0) is 58.8 Å². The number of halogens is 2. The summed E-state index contributed by atoms with van der Waals surface area (Å²) in [5, 5.41) is 11.4. The molecular weight excluding hydrogens is 499 g/mol. The third kappa shape index (κ3) is 5.59. The molecule has 1 fully saturated rings. The first-order valence-corrected chi connectivity index (χ1v) is 11.5. The fraction of sp³-hybridized carbons (Fsp3) is 0.0833. The maximum Gasteiger partial charge on any atom is 0.293 e. The van der Waals surface area contributed by atoms with Gasteiger partial charge in [0, 0.05) is 17.2 Å². The second-order valence-corrected chi connectivity index (χ2v) is 9.14. The molecule has 1 aliphatic heterocycles. The monoisotopic (exact) mass is 514 g/mol. The Morgan fingerprint density at radius 1 is 1.00 bits per heavy atom. The van der Waals surface area contributed by atoms with Crippen molar-refractivity contribution in [3.8, 4) is 5.75 Å². The number of hydrogen-bond donors (Lipinski definition) is 0. The molecule has 0 N–H and O–H groups in total. The van der Waals surface area contributed by atoms with Crippen LogP contribution >= 0.6 is 35.0 Å². The van der Waals surface area contributed by atoms with Gasteiger partial charge in [0.25, 0.3) is 16.8 Å². The van der Waals surface area contributed by atoms with Crippen LogP contribution < -0.4 is 4.74 Å². The molecule has 2 amide bonds. The number of thioether (sulfide) groups is 1. The highest BCUT2D eigenvalue weighted by Gasteiger charge is 2.35. The molecule has 34 heavy (non-hydrogen) atoms. The zero-order valence-electron chi connectivity index (χ0n) is 17.4. The van der Waals surface area contributed by atoms with E-state index in [9.17, 15) is 19.7 Å². The summed E-state index contributed by atoms with van der Waals surface area (Å²) >= 11 is 13.1. The van der Waals surface area contributed by atoms with Gasteiger partial charge < -0.3 is 4.74 Å². The molecule has 3 aromatic carbocycles. The molecular formula is C24H16Cl2N2O5S. The van der Waals surface area contributed by atoms with Crippen molar-refractivity contribution in [2.75, 3.05) is 0 Å². The van der Waals surface area contributed by atoms with Crippen molar-refractivity contribution in [3.05, 3.63) is 108 Å². The number of benzene rings is 3. The van der Waals surface area contributed by atoms with E-state index < -0.39 is 4.92 Å². The summed E-state index contributed by atoms with van der Waals surface area (Å²) in [4.78, 5) is 37.1. The Labute approximate surface area is 209 Å². The lowest BCUT2D eigenvalue weighted by atomic mass is 10.2. The molecule has 0 spiro atoms. The van der Waals surface area contributed by atoms with Crippen molar-refractivity contribution in [1.82, 2.24) is 4.90 Å². The van der Waals surface area contributed by atoms with E-state index in [-0.39, 0.29) is 30.0 Å². The molecule has 1 saturated heterocycles. The quantitative estimate of drug-likeness (QED) is 0.197. The van der Waals surface area contributed by atoms with Crippen molar-refractivity contribution in [2.24, 2.45) is 0 Å². The van der Waals surface area contributed by atoms with E-state index in [0.29, 0.717) is 31.8 Å². The molecule has 0 aliphatic carbocycles. The first-order chi connectivity index (χ1) is 16.3. The molecule has 0 atom stereocenters. The molecule has 7 nitrogen and oxygen atoms in total. The van der Waals surface area contributed by atoms with Crippen molar-refractivity contribution < 1.29 is 19.2 Å². The average Bonchev–Trinajstić information content (AvgIpc) is 3.07. The molecule has 0 radical (unpaired) electrons. The maximum atomic E-state index is 12.8. The second kappa shape index (κ2) is 10.3. The number of rotatable bonds is 7. The molecule has 4 rings (SSSR count). The summed E-state index contributed by atoms with van der Waals surface area (Å²) < 4.78 is 5.69. The topological polar surface area (TPSA) is 89.7 Å². The van der Waals surface area contributed by atoms with Crippen LogP contribution in [0.15, 0.2) is 71.6 Å². The molecule has 0 saturated carbocycles. The molecule has 0 aromatic heterocycles. The van der Waals surface area contributed by atoms with Crippen molar-refractivity contribution >= 4 is 57.9 Å². The van der Waals surface area contributed by atoms with Crippen LogP contribution in [0.5, 0.6) is 5.75 Å². The SMILES string of the molecule is O=C1S/C(=C\c2ccc(OCc3cccc([N+](=O)[O-])c3)c(Cl)c2)C(=O)N1Cc1ccc(Cl)cc1. The number of carbonyl (C=O) groups excluding carboxylic acids is 2. The first-order valence-electron chi connectivity index (χ1n) is 9.95. The third-order valence-corrected chi connectivity index (χ3v) is 6.35. The second-order valence-electron chi connectivity index (χ2n) is 7.30. The van der Waals surface area contributed by atoms with Gasteiger partial charge in [0.2, 0.25) is 0 Å². The molecule has 0 bridgehead atoms. The van der Waals surface area contributed by atoms with Gasteiger partial charge in [0.05, 0.1) is 21.4 Å². The highest BCUT2D eigenvalue weighted by atomic mass is 35.5. The minimum absolute atomic E-state index is 0.0208. The van der Waals surface area contributed by atoms with Gasteiger partial charge in [-0.3, -0.25) is 24.6 Å². The lowest BCUT2D eigenvalue weighted by molar-refractivity contribution is -0.384. The summed E-state index contributed by atoms with van der Waals surface area (Å²) in [6, 6.07) is 18.1. The van der Waals surface area contributed by atoms with Gasteiger partial charge in [-0.1, -0.05) is 53.5 Å². The van der Waals surface area contributed by atoms with E-state index >= 15 is 0 Å². The van der Waals surface area contributed by atoms with Gasteiger partial charge >= 0.3 is 0 Å². The number of carbonyl (C=O) groups is 2. The third-order valence-electron chi connectivity index (χ3n) is 4.90. The van der Waals surface area contributed by atoms with E-state index in [1.165, 1.54) is 17.0 Å². The van der Waals surface area contributed by atoms with E-state index in [2.05, 4.69) is 0 Å². The molecule has 1 heterocycles. The van der Waals surface area contributed by atoms with Crippen molar-refractivity contribution in [3.63, 3.8) is 0 Å². The number of amides is 2. The summed E-state index contributed by atoms with van der Waals surface area (Å²) in [7, 11) is 0. The van der Waals surface area contributed by atoms with E-state index in [1.807, 2.05) is 0 Å².